The van der Waals surface area contributed by atoms with Gasteiger partial charge in [-0.2, -0.15) is 0 Å². The number of rotatable bonds is 5. The molecule has 1 saturated heterocycles. The second-order valence-corrected chi connectivity index (χ2v) is 6.91. The largest absolute Gasteiger partial charge is 0.341 e. The average molecular weight is 368 g/mol. The highest BCUT2D eigenvalue weighted by Gasteiger charge is 2.30. The number of nitrogens with one attached hydrogen (secondary N) is 1. The van der Waals surface area contributed by atoms with Crippen LogP contribution >= 0.6 is 11.6 Å². The summed E-state index contributed by atoms with van der Waals surface area (Å²) in [6, 6.07) is 3.00. The molecule has 0 aliphatic carbocycles. The Hall–Kier alpha value is -2.15. The molecule has 1 aromatic rings. The minimum absolute atomic E-state index is 0.0142. The average Bonchev–Trinajstić information content (AvgIpc) is 2.59. The monoisotopic (exact) mass is 367 g/mol. The highest BCUT2D eigenvalue weighted by molar-refractivity contribution is 6.34. The zero-order valence-electron chi connectivity index (χ0n) is 14.3. The number of halogens is 1. The number of hydrogen-bond acceptors (Lipinski definition) is 4. The second kappa shape index (κ2) is 8.29. The van der Waals surface area contributed by atoms with Crippen LogP contribution in [0.1, 0.15) is 43.5 Å². The lowest BCUT2D eigenvalue weighted by Gasteiger charge is -2.32. The first kappa shape index (κ1) is 19.2. The Morgan fingerprint density at radius 1 is 1.24 bits per heavy atom. The Labute approximate surface area is 151 Å². The van der Waals surface area contributed by atoms with Crippen LogP contribution in [0.2, 0.25) is 5.02 Å². The number of nitro benzene ring substituents is 1. The van der Waals surface area contributed by atoms with Crippen LogP contribution in [0.4, 0.5) is 5.69 Å². The van der Waals surface area contributed by atoms with Crippen LogP contribution in [0.5, 0.6) is 0 Å². The number of likely N-dealkylation sites (tertiary alicyclic amines) is 1. The van der Waals surface area contributed by atoms with Crippen LogP contribution in [-0.2, 0) is 4.79 Å². The Bertz CT molecular complexity index is 672. The van der Waals surface area contributed by atoms with Gasteiger partial charge in [0, 0.05) is 25.2 Å². The molecule has 0 radical (unpaired) electrons. The van der Waals surface area contributed by atoms with Crippen molar-refractivity contribution >= 4 is 29.1 Å². The number of carbonyl (C=O) groups excluding carboxylic acids is 2. The minimum atomic E-state index is -0.656. The van der Waals surface area contributed by atoms with Gasteiger partial charge in [-0.1, -0.05) is 25.4 Å². The number of carbonyl (C=O) groups is 2. The molecule has 1 aromatic carbocycles. The predicted octanol–water partition coefficient (Wildman–Crippen LogP) is 3.02. The lowest BCUT2D eigenvalue weighted by atomic mass is 10.0. The molecule has 0 bridgehead atoms. The van der Waals surface area contributed by atoms with Gasteiger partial charge in [-0.15, -0.1) is 0 Å². The lowest BCUT2D eigenvalue weighted by Crippen LogP contribution is -2.52. The SMILES string of the molecule is CC(C)C(NC(=O)c1ccc([N+](=O)[O-])cc1Cl)C(=O)N1CCCCC1. The van der Waals surface area contributed by atoms with Crippen LogP contribution < -0.4 is 5.32 Å². The highest BCUT2D eigenvalue weighted by Crippen LogP contribution is 2.23. The molecule has 1 atom stereocenters. The van der Waals surface area contributed by atoms with Crippen LogP contribution in [0, 0.1) is 16.0 Å². The van der Waals surface area contributed by atoms with Crippen LogP contribution in [0.3, 0.4) is 0 Å². The van der Waals surface area contributed by atoms with Gasteiger partial charge in [-0.05, 0) is 31.2 Å². The number of hydrogen-bond donors (Lipinski definition) is 1. The van der Waals surface area contributed by atoms with E-state index in [4.69, 9.17) is 11.6 Å². The van der Waals surface area contributed by atoms with Gasteiger partial charge in [0.2, 0.25) is 5.91 Å². The van der Waals surface area contributed by atoms with Crippen LogP contribution in [0.15, 0.2) is 18.2 Å². The van der Waals surface area contributed by atoms with Crippen LogP contribution in [0.25, 0.3) is 0 Å². The van der Waals surface area contributed by atoms with E-state index >= 15 is 0 Å². The molecular formula is C17H22ClN3O4. The zero-order chi connectivity index (χ0) is 18.6. The third-order valence-electron chi connectivity index (χ3n) is 4.30. The van der Waals surface area contributed by atoms with E-state index in [0.29, 0.717) is 13.1 Å². The van der Waals surface area contributed by atoms with Crippen molar-refractivity contribution in [3.63, 3.8) is 0 Å². The van der Waals surface area contributed by atoms with Crippen molar-refractivity contribution in [3.8, 4) is 0 Å². The number of amides is 2. The fraction of sp³-hybridized carbons (Fsp3) is 0.529. The maximum atomic E-state index is 12.7. The van der Waals surface area contributed by atoms with Gasteiger partial charge in [-0.3, -0.25) is 19.7 Å². The fourth-order valence-corrected chi connectivity index (χ4v) is 3.11. The van der Waals surface area contributed by atoms with E-state index in [0.717, 1.165) is 25.3 Å². The molecule has 0 aromatic heterocycles. The third kappa shape index (κ3) is 4.69. The summed E-state index contributed by atoms with van der Waals surface area (Å²) < 4.78 is 0. The molecule has 0 spiro atoms. The number of nitro groups is 1. The van der Waals surface area contributed by atoms with E-state index in [2.05, 4.69) is 5.32 Å². The van der Waals surface area contributed by atoms with E-state index in [1.54, 1.807) is 4.90 Å². The molecule has 1 fully saturated rings. The molecular weight excluding hydrogens is 346 g/mol. The molecule has 1 heterocycles. The number of non-ortho nitro benzene ring substituents is 1. The quantitative estimate of drug-likeness (QED) is 0.639. The first-order valence-corrected chi connectivity index (χ1v) is 8.72. The van der Waals surface area contributed by atoms with Crippen molar-refractivity contribution in [1.82, 2.24) is 10.2 Å². The molecule has 1 N–H and O–H groups in total. The molecule has 1 aliphatic rings. The third-order valence-corrected chi connectivity index (χ3v) is 4.61. The van der Waals surface area contributed by atoms with Gasteiger partial charge in [0.1, 0.15) is 6.04 Å². The predicted molar refractivity (Wildman–Crippen MR) is 94.6 cm³/mol. The van der Waals surface area contributed by atoms with Gasteiger partial charge >= 0.3 is 0 Å². The Morgan fingerprint density at radius 2 is 1.88 bits per heavy atom. The van der Waals surface area contributed by atoms with Gasteiger partial charge in [0.25, 0.3) is 11.6 Å². The van der Waals surface area contributed by atoms with Crippen LogP contribution in [-0.4, -0.2) is 40.8 Å². The Kier molecular flexibility index (Phi) is 6.36. The topological polar surface area (TPSA) is 92.5 Å². The molecule has 136 valence electrons. The van der Waals surface area contributed by atoms with E-state index < -0.39 is 16.9 Å². The van der Waals surface area contributed by atoms with Gasteiger partial charge in [0.05, 0.1) is 15.5 Å². The van der Waals surface area contributed by atoms with Crippen molar-refractivity contribution in [1.29, 1.82) is 0 Å². The lowest BCUT2D eigenvalue weighted by molar-refractivity contribution is -0.384. The number of benzene rings is 1. The normalized spacial score (nSPS) is 15.8. The van der Waals surface area contributed by atoms with Crippen molar-refractivity contribution in [2.75, 3.05) is 13.1 Å². The van der Waals surface area contributed by atoms with Crippen molar-refractivity contribution < 1.29 is 14.5 Å². The summed E-state index contributed by atoms with van der Waals surface area (Å²) in [5, 5.41) is 13.5. The minimum Gasteiger partial charge on any atom is -0.341 e. The molecule has 2 rings (SSSR count). The number of nitrogens with zero attached hydrogens (tertiary/aromatic N) is 2. The molecule has 1 aliphatic heterocycles. The summed E-state index contributed by atoms with van der Waals surface area (Å²) in [6.07, 6.45) is 3.05. The second-order valence-electron chi connectivity index (χ2n) is 6.50. The molecule has 0 saturated carbocycles. The van der Waals surface area contributed by atoms with Crippen molar-refractivity contribution in [2.24, 2.45) is 5.92 Å². The van der Waals surface area contributed by atoms with Gasteiger partial charge in [-0.25, -0.2) is 0 Å². The van der Waals surface area contributed by atoms with Gasteiger partial charge < -0.3 is 10.2 Å². The molecule has 8 heteroatoms. The van der Waals surface area contributed by atoms with Crippen molar-refractivity contribution in [2.45, 2.75) is 39.2 Å². The first-order valence-electron chi connectivity index (χ1n) is 8.35. The van der Waals surface area contributed by atoms with E-state index in [1.807, 2.05) is 13.8 Å². The summed E-state index contributed by atoms with van der Waals surface area (Å²) in [6.45, 7) is 5.14. The maximum absolute atomic E-state index is 12.7. The molecule has 2 amide bonds. The summed E-state index contributed by atoms with van der Waals surface area (Å²) in [7, 11) is 0. The fourth-order valence-electron chi connectivity index (χ4n) is 2.85. The van der Waals surface area contributed by atoms with Crippen molar-refractivity contribution in [3.05, 3.63) is 38.9 Å². The molecule has 7 nitrogen and oxygen atoms in total. The maximum Gasteiger partial charge on any atom is 0.270 e. The van der Waals surface area contributed by atoms with E-state index in [1.165, 1.54) is 12.1 Å². The van der Waals surface area contributed by atoms with E-state index in [-0.39, 0.29) is 28.1 Å². The molecule has 1 unspecified atom stereocenters. The molecule has 25 heavy (non-hydrogen) atoms. The number of piperidine rings is 1. The van der Waals surface area contributed by atoms with Gasteiger partial charge in [0.15, 0.2) is 0 Å². The summed E-state index contributed by atoms with van der Waals surface area (Å²) >= 11 is 6.00. The Morgan fingerprint density at radius 3 is 2.40 bits per heavy atom. The summed E-state index contributed by atoms with van der Waals surface area (Å²) in [5.41, 5.74) is -0.0734. The Balaban J connectivity index is 2.14. The smallest absolute Gasteiger partial charge is 0.270 e. The standard InChI is InChI=1S/C17H22ClN3O4/c1-11(2)15(17(23)20-8-4-3-5-9-20)19-16(22)13-7-6-12(21(24)25)10-14(13)18/h6-7,10-11,15H,3-5,8-9H2,1-2H3,(H,19,22). The highest BCUT2D eigenvalue weighted by atomic mass is 35.5. The summed E-state index contributed by atoms with van der Waals surface area (Å²) in [5.74, 6) is -0.694. The summed E-state index contributed by atoms with van der Waals surface area (Å²) in [4.78, 5) is 37.2. The van der Waals surface area contributed by atoms with E-state index in [9.17, 15) is 19.7 Å². The zero-order valence-corrected chi connectivity index (χ0v) is 15.1. The first-order chi connectivity index (χ1) is 11.8.